The molecule has 1 fully saturated rings. The van der Waals surface area contributed by atoms with Crippen LogP contribution in [0.3, 0.4) is 0 Å². The lowest BCUT2D eigenvalue weighted by molar-refractivity contribution is 0.124. The van der Waals surface area contributed by atoms with Crippen molar-refractivity contribution in [3.63, 3.8) is 0 Å². The molecule has 5 heteroatoms. The molecule has 0 unspecified atom stereocenters. The summed E-state index contributed by atoms with van der Waals surface area (Å²) in [4.78, 5) is 0. The van der Waals surface area contributed by atoms with Crippen molar-refractivity contribution in [2.45, 2.75) is 44.9 Å². The largest absolute Gasteiger partial charge is 0.381 e. The zero-order valence-electron chi connectivity index (χ0n) is 9.66. The van der Waals surface area contributed by atoms with Gasteiger partial charge in [0.15, 0.2) is 0 Å². The number of halogens is 1. The molecule has 96 valence electrons. The zero-order chi connectivity index (χ0) is 11.9. The molecule has 1 aliphatic carbocycles. The molecule has 0 N–H and O–H groups in total. The highest BCUT2D eigenvalue weighted by Crippen LogP contribution is 2.32. The summed E-state index contributed by atoms with van der Waals surface area (Å²) in [7, 11) is 1.81. The van der Waals surface area contributed by atoms with Gasteiger partial charge in [0.2, 0.25) is 9.05 Å². The van der Waals surface area contributed by atoms with E-state index in [1.54, 1.807) is 0 Å². The van der Waals surface area contributed by atoms with Crippen LogP contribution in [0.1, 0.15) is 44.9 Å². The van der Waals surface area contributed by atoms with Gasteiger partial charge in [0.05, 0.1) is 5.75 Å². The van der Waals surface area contributed by atoms with Crippen molar-refractivity contribution in [3.8, 4) is 0 Å². The first-order valence-electron chi connectivity index (χ1n) is 6.08. The van der Waals surface area contributed by atoms with Gasteiger partial charge in [-0.25, -0.2) is 8.42 Å². The molecule has 16 heavy (non-hydrogen) atoms. The second-order valence-electron chi connectivity index (χ2n) is 4.50. The van der Waals surface area contributed by atoms with Gasteiger partial charge in [0.1, 0.15) is 0 Å². The average Bonchev–Trinajstić information content (AvgIpc) is 2.97. The quantitative estimate of drug-likeness (QED) is 0.452. The highest BCUT2D eigenvalue weighted by atomic mass is 35.7. The third-order valence-electron chi connectivity index (χ3n) is 2.79. The first-order valence-corrected chi connectivity index (χ1v) is 8.56. The Morgan fingerprint density at radius 1 is 1.06 bits per heavy atom. The molecule has 0 radical (unpaired) electrons. The fraction of sp³-hybridized carbons (Fsp3) is 1.00. The lowest BCUT2D eigenvalue weighted by atomic mass is 10.2. The van der Waals surface area contributed by atoms with Crippen LogP contribution < -0.4 is 0 Å². The fourth-order valence-electron chi connectivity index (χ4n) is 1.59. The van der Waals surface area contributed by atoms with Crippen LogP contribution in [0.15, 0.2) is 0 Å². The molecule has 1 rings (SSSR count). The molecule has 1 saturated carbocycles. The number of rotatable bonds is 10. The summed E-state index contributed by atoms with van der Waals surface area (Å²) >= 11 is 0. The van der Waals surface area contributed by atoms with Crippen LogP contribution >= 0.6 is 10.7 Å². The molecule has 0 aromatic carbocycles. The van der Waals surface area contributed by atoms with Gasteiger partial charge in [-0.15, -0.1) is 0 Å². The van der Waals surface area contributed by atoms with Crippen LogP contribution in [0.5, 0.6) is 0 Å². The number of hydrogen-bond donors (Lipinski definition) is 0. The molecule has 0 amide bonds. The summed E-state index contributed by atoms with van der Waals surface area (Å²) in [6.45, 7) is 1.70. The normalized spacial score (nSPS) is 16.6. The van der Waals surface area contributed by atoms with Crippen molar-refractivity contribution in [2.75, 3.05) is 19.0 Å². The molecule has 0 aromatic heterocycles. The average molecular weight is 269 g/mol. The minimum Gasteiger partial charge on any atom is -0.381 e. The molecule has 0 spiro atoms. The summed E-state index contributed by atoms with van der Waals surface area (Å²) in [5.41, 5.74) is 0. The zero-order valence-corrected chi connectivity index (χ0v) is 11.2. The molecule has 0 saturated heterocycles. The first kappa shape index (κ1) is 14.3. The Labute approximate surface area is 103 Å². The Hall–Kier alpha value is 0.200. The minimum atomic E-state index is -3.29. The van der Waals surface area contributed by atoms with E-state index in [-0.39, 0.29) is 5.75 Å². The van der Waals surface area contributed by atoms with Gasteiger partial charge in [-0.3, -0.25) is 0 Å². The van der Waals surface area contributed by atoms with Crippen molar-refractivity contribution in [1.82, 2.24) is 0 Å². The van der Waals surface area contributed by atoms with Crippen LogP contribution in [-0.2, 0) is 13.8 Å². The molecule has 0 heterocycles. The van der Waals surface area contributed by atoms with Gasteiger partial charge in [0.25, 0.3) is 0 Å². The van der Waals surface area contributed by atoms with Crippen molar-refractivity contribution < 1.29 is 13.2 Å². The highest BCUT2D eigenvalue weighted by Gasteiger charge is 2.20. The van der Waals surface area contributed by atoms with E-state index in [0.717, 1.165) is 38.4 Å². The second kappa shape index (κ2) is 7.51. The van der Waals surface area contributed by atoms with E-state index in [4.69, 9.17) is 15.4 Å². The van der Waals surface area contributed by atoms with Crippen molar-refractivity contribution >= 4 is 19.7 Å². The Balaban J connectivity index is 1.73. The van der Waals surface area contributed by atoms with Crippen LogP contribution in [-0.4, -0.2) is 27.4 Å². The maximum absolute atomic E-state index is 10.6. The number of unbranched alkanes of at least 4 members (excludes halogenated alkanes) is 3. The summed E-state index contributed by atoms with van der Waals surface area (Å²) in [6.07, 6.45) is 7.60. The smallest absolute Gasteiger partial charge is 0.232 e. The summed E-state index contributed by atoms with van der Waals surface area (Å²) in [6, 6.07) is 0. The molecule has 0 bridgehead atoms. The van der Waals surface area contributed by atoms with E-state index < -0.39 is 9.05 Å². The highest BCUT2D eigenvalue weighted by molar-refractivity contribution is 8.13. The summed E-state index contributed by atoms with van der Waals surface area (Å²) in [5, 5.41) is 0. The summed E-state index contributed by atoms with van der Waals surface area (Å²) in [5.74, 6) is 1.03. The lowest BCUT2D eigenvalue weighted by Crippen LogP contribution is -1.99. The standard InChI is InChI=1S/C11H21ClO3S/c12-16(13,14)10-4-2-1-3-8-15-9-7-11-5-6-11/h11H,1-10H2. The maximum atomic E-state index is 10.6. The maximum Gasteiger partial charge on any atom is 0.232 e. The Morgan fingerprint density at radius 3 is 2.38 bits per heavy atom. The topological polar surface area (TPSA) is 43.4 Å². The SMILES string of the molecule is O=S(=O)(Cl)CCCCCCOCCC1CC1. The minimum absolute atomic E-state index is 0.0943. The predicted molar refractivity (Wildman–Crippen MR) is 66.3 cm³/mol. The number of ether oxygens (including phenoxy) is 1. The Kier molecular flexibility index (Phi) is 6.70. The van der Waals surface area contributed by atoms with Gasteiger partial charge in [-0.2, -0.15) is 0 Å². The molecule has 1 aliphatic rings. The van der Waals surface area contributed by atoms with Crippen LogP contribution in [0.4, 0.5) is 0 Å². The van der Waals surface area contributed by atoms with Gasteiger partial charge in [0, 0.05) is 23.9 Å². The summed E-state index contributed by atoms with van der Waals surface area (Å²) < 4.78 is 26.7. The monoisotopic (exact) mass is 268 g/mol. The van der Waals surface area contributed by atoms with E-state index in [0.29, 0.717) is 6.42 Å². The number of hydrogen-bond acceptors (Lipinski definition) is 3. The van der Waals surface area contributed by atoms with Crippen LogP contribution in [0.25, 0.3) is 0 Å². The molecule has 0 aliphatic heterocycles. The van der Waals surface area contributed by atoms with Gasteiger partial charge in [-0.05, 0) is 25.2 Å². The van der Waals surface area contributed by atoms with Crippen LogP contribution in [0.2, 0.25) is 0 Å². The Morgan fingerprint density at radius 2 is 1.75 bits per heavy atom. The third-order valence-corrected chi connectivity index (χ3v) is 4.03. The molecule has 3 nitrogen and oxygen atoms in total. The van der Waals surface area contributed by atoms with Gasteiger partial charge in [-0.1, -0.05) is 25.7 Å². The van der Waals surface area contributed by atoms with Gasteiger partial charge < -0.3 is 4.74 Å². The molecular formula is C11H21ClO3S. The van der Waals surface area contributed by atoms with Gasteiger partial charge >= 0.3 is 0 Å². The second-order valence-corrected chi connectivity index (χ2v) is 7.40. The first-order chi connectivity index (χ1) is 7.58. The lowest BCUT2D eigenvalue weighted by Gasteiger charge is -2.03. The third kappa shape index (κ3) is 9.43. The van der Waals surface area contributed by atoms with E-state index in [2.05, 4.69) is 0 Å². The molecule has 0 atom stereocenters. The van der Waals surface area contributed by atoms with E-state index in [1.165, 1.54) is 19.3 Å². The molecular weight excluding hydrogens is 248 g/mol. The predicted octanol–water partition coefficient (Wildman–Crippen LogP) is 2.93. The van der Waals surface area contributed by atoms with Crippen LogP contribution in [0, 0.1) is 5.92 Å². The molecule has 0 aromatic rings. The Bertz CT molecular complexity index is 273. The van der Waals surface area contributed by atoms with E-state index >= 15 is 0 Å². The van der Waals surface area contributed by atoms with E-state index in [1.807, 2.05) is 0 Å². The van der Waals surface area contributed by atoms with Crippen molar-refractivity contribution in [1.29, 1.82) is 0 Å². The van der Waals surface area contributed by atoms with Crippen molar-refractivity contribution in [3.05, 3.63) is 0 Å². The fourth-order valence-corrected chi connectivity index (χ4v) is 2.47. The van der Waals surface area contributed by atoms with Crippen molar-refractivity contribution in [2.24, 2.45) is 5.92 Å². The van der Waals surface area contributed by atoms with E-state index in [9.17, 15) is 8.42 Å².